The van der Waals surface area contributed by atoms with Crippen molar-refractivity contribution >= 4 is 11.8 Å². The summed E-state index contributed by atoms with van der Waals surface area (Å²) in [4.78, 5) is 24.0. The van der Waals surface area contributed by atoms with Crippen LogP contribution in [0.15, 0.2) is 24.3 Å². The van der Waals surface area contributed by atoms with Crippen LogP contribution >= 0.6 is 0 Å². The molecule has 1 saturated carbocycles. The monoisotopic (exact) mass is 326 g/mol. The highest BCUT2D eigenvalue weighted by Crippen LogP contribution is 2.65. The van der Waals surface area contributed by atoms with Crippen LogP contribution in [0.25, 0.3) is 0 Å². The quantitative estimate of drug-likeness (QED) is 0.630. The second-order valence-electron chi connectivity index (χ2n) is 7.34. The fourth-order valence-corrected chi connectivity index (χ4v) is 5.45. The first-order valence-electron chi connectivity index (χ1n) is 8.44. The zero-order chi connectivity index (χ0) is 16.7. The second kappa shape index (κ2) is 4.28. The minimum atomic E-state index is -1.07. The van der Waals surface area contributed by atoms with E-state index in [-0.39, 0.29) is 11.7 Å². The fraction of sp³-hybridized carbons (Fsp3) is 0.474. The maximum atomic E-state index is 12.6. The van der Waals surface area contributed by atoms with E-state index in [4.69, 9.17) is 9.47 Å². The van der Waals surface area contributed by atoms with Gasteiger partial charge in [0.1, 0.15) is 5.60 Å². The summed E-state index contributed by atoms with van der Waals surface area (Å²) in [7, 11) is 0. The average molecular weight is 326 g/mol. The number of carbonyl (C=O) groups excluding carboxylic acids is 2. The molecule has 1 heterocycles. The number of benzene rings is 1. The lowest BCUT2D eigenvalue weighted by Crippen LogP contribution is -2.68. The summed E-state index contributed by atoms with van der Waals surface area (Å²) in [5.74, 6) is 0.324. The molecular formula is C19H18O5. The molecule has 124 valence electrons. The Labute approximate surface area is 139 Å². The van der Waals surface area contributed by atoms with E-state index in [9.17, 15) is 14.7 Å². The number of ketones is 1. The minimum absolute atomic E-state index is 0.0831. The summed E-state index contributed by atoms with van der Waals surface area (Å²) in [5.41, 5.74) is 0.154. The van der Waals surface area contributed by atoms with E-state index in [0.717, 1.165) is 30.4 Å². The van der Waals surface area contributed by atoms with Gasteiger partial charge in [0.25, 0.3) is 0 Å². The summed E-state index contributed by atoms with van der Waals surface area (Å²) < 4.78 is 11.4. The number of hydrogen-bond donors (Lipinski definition) is 1. The zero-order valence-corrected chi connectivity index (χ0v) is 13.4. The van der Waals surface area contributed by atoms with E-state index in [1.54, 1.807) is 12.1 Å². The van der Waals surface area contributed by atoms with Crippen molar-refractivity contribution in [1.82, 2.24) is 0 Å². The molecule has 1 fully saturated rings. The van der Waals surface area contributed by atoms with Gasteiger partial charge in [0, 0.05) is 12.5 Å². The summed E-state index contributed by atoms with van der Waals surface area (Å²) in [6.45, 7) is 1.34. The molecule has 0 radical (unpaired) electrons. The summed E-state index contributed by atoms with van der Waals surface area (Å²) >= 11 is 0. The molecule has 0 saturated heterocycles. The molecule has 5 heteroatoms. The molecule has 24 heavy (non-hydrogen) atoms. The Morgan fingerprint density at radius 2 is 2.25 bits per heavy atom. The Bertz CT molecular complexity index is 825. The molecule has 2 bridgehead atoms. The number of esters is 1. The van der Waals surface area contributed by atoms with E-state index >= 15 is 0 Å². The van der Waals surface area contributed by atoms with Gasteiger partial charge in [0.05, 0.1) is 5.41 Å². The van der Waals surface area contributed by atoms with Gasteiger partial charge in [-0.15, -0.1) is 0 Å². The van der Waals surface area contributed by atoms with Crippen molar-refractivity contribution < 1.29 is 24.2 Å². The molecular weight excluding hydrogens is 308 g/mol. The van der Waals surface area contributed by atoms with Gasteiger partial charge in [-0.25, -0.2) is 0 Å². The molecule has 1 aliphatic heterocycles. The van der Waals surface area contributed by atoms with Crippen LogP contribution in [0, 0.1) is 5.92 Å². The van der Waals surface area contributed by atoms with E-state index in [2.05, 4.69) is 0 Å². The summed E-state index contributed by atoms with van der Waals surface area (Å²) in [6, 6.07) is 3.69. The Morgan fingerprint density at radius 3 is 3.04 bits per heavy atom. The first kappa shape index (κ1) is 14.2. The minimum Gasteiger partial charge on any atom is -0.477 e. The van der Waals surface area contributed by atoms with E-state index in [1.807, 2.05) is 6.07 Å². The third-order valence-electron chi connectivity index (χ3n) is 6.28. The molecule has 1 N–H and O–H groups in total. The Kier molecular flexibility index (Phi) is 2.53. The van der Waals surface area contributed by atoms with E-state index in [1.165, 1.54) is 13.0 Å². The van der Waals surface area contributed by atoms with Crippen molar-refractivity contribution in [3.05, 3.63) is 35.4 Å². The third-order valence-corrected chi connectivity index (χ3v) is 6.28. The van der Waals surface area contributed by atoms with Crippen molar-refractivity contribution in [2.45, 2.75) is 49.7 Å². The number of hydrogen-bond acceptors (Lipinski definition) is 5. The Morgan fingerprint density at radius 1 is 1.42 bits per heavy atom. The van der Waals surface area contributed by atoms with E-state index < -0.39 is 23.1 Å². The number of carbonyl (C=O) groups is 2. The molecule has 5 rings (SSSR count). The number of aliphatic hydroxyl groups is 1. The summed E-state index contributed by atoms with van der Waals surface area (Å²) in [5, 5.41) is 11.6. The lowest BCUT2D eigenvalue weighted by atomic mass is 9.47. The van der Waals surface area contributed by atoms with Crippen LogP contribution in [0.2, 0.25) is 0 Å². The fourth-order valence-electron chi connectivity index (χ4n) is 5.45. The van der Waals surface area contributed by atoms with Gasteiger partial charge in [-0.2, -0.15) is 0 Å². The van der Waals surface area contributed by atoms with Crippen LogP contribution in [-0.4, -0.2) is 28.6 Å². The predicted molar refractivity (Wildman–Crippen MR) is 84.0 cm³/mol. The van der Waals surface area contributed by atoms with Gasteiger partial charge < -0.3 is 14.6 Å². The summed E-state index contributed by atoms with van der Waals surface area (Å²) in [6.07, 6.45) is 5.74. The highest BCUT2D eigenvalue weighted by molar-refractivity contribution is 5.99. The largest absolute Gasteiger partial charge is 0.477 e. The van der Waals surface area contributed by atoms with Crippen molar-refractivity contribution in [3.63, 3.8) is 0 Å². The van der Waals surface area contributed by atoms with Gasteiger partial charge in [-0.05, 0) is 49.0 Å². The lowest BCUT2D eigenvalue weighted by molar-refractivity contribution is -0.144. The molecule has 2 unspecified atom stereocenters. The smallest absolute Gasteiger partial charge is 0.308 e. The van der Waals surface area contributed by atoms with Gasteiger partial charge in [0.2, 0.25) is 0 Å². The highest BCUT2D eigenvalue weighted by atomic mass is 16.6. The molecule has 1 spiro atoms. The van der Waals surface area contributed by atoms with Crippen LogP contribution in [0.1, 0.15) is 37.3 Å². The molecule has 4 atom stereocenters. The zero-order valence-electron chi connectivity index (χ0n) is 13.4. The molecule has 0 aromatic heterocycles. The van der Waals surface area contributed by atoms with Gasteiger partial charge in [-0.3, -0.25) is 9.59 Å². The highest BCUT2D eigenvalue weighted by Gasteiger charge is 2.70. The molecule has 5 nitrogen and oxygen atoms in total. The van der Waals surface area contributed by atoms with Crippen molar-refractivity contribution in [3.8, 4) is 11.5 Å². The van der Waals surface area contributed by atoms with Crippen LogP contribution in [0.4, 0.5) is 0 Å². The van der Waals surface area contributed by atoms with Crippen LogP contribution in [0.3, 0.4) is 0 Å². The standard InChI is InChI=1S/C19H18O5/c1-10(20)23-14-5-4-11-9-12-3-2-7-18-15(11)16(14)24-17(18)13(21)6-8-19(12,18)22/h4-6,8,12,17,22H,2-3,7,9H2,1H3/t12-,17+,18?,19?/m1/s1. The van der Waals surface area contributed by atoms with Gasteiger partial charge in [0.15, 0.2) is 23.4 Å². The number of rotatable bonds is 1. The first-order valence-corrected chi connectivity index (χ1v) is 8.44. The maximum absolute atomic E-state index is 12.6. The molecule has 4 aliphatic rings. The first-order chi connectivity index (χ1) is 11.5. The predicted octanol–water partition coefficient (Wildman–Crippen LogP) is 1.84. The lowest BCUT2D eigenvalue weighted by Gasteiger charge is -2.57. The SMILES string of the molecule is CC(=O)Oc1ccc2c3c1O[C@H]1C(=O)C=CC4(O)[C@H](CCCC314)C2. The average Bonchev–Trinajstić information content (AvgIpc) is 2.87. The van der Waals surface area contributed by atoms with Crippen LogP contribution in [-0.2, 0) is 21.4 Å². The van der Waals surface area contributed by atoms with Crippen molar-refractivity contribution in [2.24, 2.45) is 5.92 Å². The number of ether oxygens (including phenoxy) is 2. The van der Waals surface area contributed by atoms with Crippen molar-refractivity contribution in [1.29, 1.82) is 0 Å². The second-order valence-corrected chi connectivity index (χ2v) is 7.34. The molecule has 0 amide bonds. The molecule has 1 aromatic carbocycles. The van der Waals surface area contributed by atoms with Gasteiger partial charge in [-0.1, -0.05) is 12.5 Å². The maximum Gasteiger partial charge on any atom is 0.308 e. The normalized spacial score (nSPS) is 37.7. The third kappa shape index (κ3) is 1.41. The topological polar surface area (TPSA) is 72.8 Å². The Hall–Kier alpha value is -2.14. The van der Waals surface area contributed by atoms with Crippen molar-refractivity contribution in [2.75, 3.05) is 0 Å². The van der Waals surface area contributed by atoms with Gasteiger partial charge >= 0.3 is 5.97 Å². The van der Waals surface area contributed by atoms with Crippen LogP contribution in [0.5, 0.6) is 11.5 Å². The Balaban J connectivity index is 1.83. The molecule has 3 aliphatic carbocycles. The van der Waals surface area contributed by atoms with E-state index in [0.29, 0.717) is 17.9 Å². The van der Waals surface area contributed by atoms with Crippen LogP contribution < -0.4 is 9.47 Å². The molecule has 1 aromatic rings.